The Labute approximate surface area is 136 Å². The van der Waals surface area contributed by atoms with Crippen molar-refractivity contribution in [2.75, 3.05) is 13.1 Å². The molecular weight excluding hydrogens is 295 g/mol. The van der Waals surface area contributed by atoms with Gasteiger partial charge in [-0.25, -0.2) is 4.39 Å². The maximum Gasteiger partial charge on any atom is 0.287 e. The summed E-state index contributed by atoms with van der Waals surface area (Å²) >= 11 is 0. The first-order valence-electron chi connectivity index (χ1n) is 8.03. The third-order valence-electron chi connectivity index (χ3n) is 4.09. The number of nitrogens with one attached hydrogen (secondary N) is 1. The fraction of sp³-hybridized carbons (Fsp3) is 0.500. The fourth-order valence-corrected chi connectivity index (χ4v) is 2.90. The van der Waals surface area contributed by atoms with E-state index >= 15 is 0 Å². The molecule has 4 nitrogen and oxygen atoms in total. The molecule has 0 saturated heterocycles. The highest BCUT2D eigenvalue weighted by atomic mass is 19.1. The Morgan fingerprint density at radius 3 is 2.52 bits per heavy atom. The summed E-state index contributed by atoms with van der Waals surface area (Å²) in [6.07, 6.45) is 0. The van der Waals surface area contributed by atoms with Gasteiger partial charge in [-0.1, -0.05) is 0 Å². The standard InChI is InChI=1S/C18H25FN2O2/c1-11(2)21(12(3)4)9-8-20-18(22)17-13(5)15-10-14(19)6-7-16(15)23-17/h6-7,10-12H,8-9H2,1-5H3,(H,20,22). The van der Waals surface area contributed by atoms with Gasteiger partial charge in [0.15, 0.2) is 5.76 Å². The smallest absolute Gasteiger partial charge is 0.287 e. The Bertz CT molecular complexity index is 684. The number of nitrogens with zero attached hydrogens (tertiary/aromatic N) is 1. The van der Waals surface area contributed by atoms with Crippen molar-refractivity contribution in [3.05, 3.63) is 35.3 Å². The molecule has 23 heavy (non-hydrogen) atoms. The molecule has 0 bridgehead atoms. The van der Waals surface area contributed by atoms with Gasteiger partial charge in [-0.05, 0) is 52.8 Å². The van der Waals surface area contributed by atoms with Gasteiger partial charge >= 0.3 is 0 Å². The van der Waals surface area contributed by atoms with E-state index in [1.165, 1.54) is 12.1 Å². The van der Waals surface area contributed by atoms with Crippen molar-refractivity contribution in [1.29, 1.82) is 0 Å². The lowest BCUT2D eigenvalue weighted by atomic mass is 10.1. The maximum absolute atomic E-state index is 13.3. The average Bonchev–Trinajstić information content (AvgIpc) is 2.79. The number of hydrogen-bond acceptors (Lipinski definition) is 3. The molecule has 1 aromatic carbocycles. The first-order valence-corrected chi connectivity index (χ1v) is 8.03. The molecule has 2 aromatic rings. The molecule has 0 aliphatic heterocycles. The lowest BCUT2D eigenvalue weighted by molar-refractivity contribution is 0.0913. The Kier molecular flexibility index (Phi) is 5.42. The van der Waals surface area contributed by atoms with Crippen LogP contribution in [0.2, 0.25) is 0 Å². The van der Waals surface area contributed by atoms with Crippen LogP contribution in [0, 0.1) is 12.7 Å². The van der Waals surface area contributed by atoms with Crippen molar-refractivity contribution in [2.45, 2.75) is 46.7 Å². The van der Waals surface area contributed by atoms with Crippen LogP contribution in [0.3, 0.4) is 0 Å². The zero-order valence-corrected chi connectivity index (χ0v) is 14.4. The monoisotopic (exact) mass is 320 g/mol. The Morgan fingerprint density at radius 1 is 1.26 bits per heavy atom. The van der Waals surface area contributed by atoms with E-state index in [0.29, 0.717) is 35.2 Å². The number of carbonyl (C=O) groups excluding carboxylic acids is 1. The number of hydrogen-bond donors (Lipinski definition) is 1. The molecule has 1 amide bonds. The maximum atomic E-state index is 13.3. The van der Waals surface area contributed by atoms with E-state index in [4.69, 9.17) is 4.42 Å². The lowest BCUT2D eigenvalue weighted by Gasteiger charge is -2.30. The summed E-state index contributed by atoms with van der Waals surface area (Å²) in [6, 6.07) is 5.11. The Morgan fingerprint density at radius 2 is 1.91 bits per heavy atom. The highest BCUT2D eigenvalue weighted by Gasteiger charge is 2.19. The molecule has 0 radical (unpaired) electrons. The predicted octanol–water partition coefficient (Wildman–Crippen LogP) is 3.73. The first-order chi connectivity index (χ1) is 10.8. The second-order valence-electron chi connectivity index (χ2n) is 6.38. The second kappa shape index (κ2) is 7.13. The van der Waals surface area contributed by atoms with E-state index in [0.717, 1.165) is 6.54 Å². The average molecular weight is 320 g/mol. The van der Waals surface area contributed by atoms with Crippen LogP contribution in [-0.4, -0.2) is 36.0 Å². The van der Waals surface area contributed by atoms with Gasteiger partial charge in [0.05, 0.1) is 0 Å². The molecule has 1 N–H and O–H groups in total. The van der Waals surface area contributed by atoms with Crippen LogP contribution in [0.4, 0.5) is 4.39 Å². The van der Waals surface area contributed by atoms with Crippen molar-refractivity contribution >= 4 is 16.9 Å². The number of fused-ring (bicyclic) bond motifs is 1. The third-order valence-corrected chi connectivity index (χ3v) is 4.09. The summed E-state index contributed by atoms with van der Waals surface area (Å²) < 4.78 is 18.9. The van der Waals surface area contributed by atoms with Gasteiger partial charge in [-0.3, -0.25) is 9.69 Å². The van der Waals surface area contributed by atoms with Crippen LogP contribution in [0.5, 0.6) is 0 Å². The van der Waals surface area contributed by atoms with Gasteiger partial charge < -0.3 is 9.73 Å². The SMILES string of the molecule is Cc1c(C(=O)NCCN(C(C)C)C(C)C)oc2ccc(F)cc12. The van der Waals surface area contributed by atoms with Crippen molar-refractivity contribution in [2.24, 2.45) is 0 Å². The molecule has 0 fully saturated rings. The van der Waals surface area contributed by atoms with Gasteiger partial charge in [-0.2, -0.15) is 0 Å². The number of carbonyl (C=O) groups is 1. The van der Waals surface area contributed by atoms with Crippen molar-refractivity contribution in [3.63, 3.8) is 0 Å². The highest BCUT2D eigenvalue weighted by Crippen LogP contribution is 2.25. The summed E-state index contributed by atoms with van der Waals surface area (Å²) in [5, 5.41) is 3.53. The van der Waals surface area contributed by atoms with E-state index in [2.05, 4.69) is 37.9 Å². The van der Waals surface area contributed by atoms with Crippen LogP contribution >= 0.6 is 0 Å². The molecule has 5 heteroatoms. The molecule has 126 valence electrons. The molecule has 0 aliphatic carbocycles. The van der Waals surface area contributed by atoms with E-state index in [9.17, 15) is 9.18 Å². The lowest BCUT2D eigenvalue weighted by Crippen LogP contribution is -2.42. The number of aryl methyl sites for hydroxylation is 1. The topological polar surface area (TPSA) is 45.5 Å². The summed E-state index contributed by atoms with van der Waals surface area (Å²) in [4.78, 5) is 14.6. The van der Waals surface area contributed by atoms with E-state index in [-0.39, 0.29) is 17.5 Å². The van der Waals surface area contributed by atoms with Gasteiger partial charge in [0.25, 0.3) is 5.91 Å². The van der Waals surface area contributed by atoms with Crippen LogP contribution in [0.15, 0.2) is 22.6 Å². The Hall–Kier alpha value is -1.88. The minimum absolute atomic E-state index is 0.256. The van der Waals surface area contributed by atoms with Crippen molar-refractivity contribution in [1.82, 2.24) is 10.2 Å². The zero-order valence-electron chi connectivity index (χ0n) is 14.4. The predicted molar refractivity (Wildman–Crippen MR) is 90.2 cm³/mol. The summed E-state index contributed by atoms with van der Waals surface area (Å²) in [6.45, 7) is 11.6. The van der Waals surface area contributed by atoms with Crippen molar-refractivity contribution < 1.29 is 13.6 Å². The number of benzene rings is 1. The largest absolute Gasteiger partial charge is 0.451 e. The molecule has 0 aliphatic rings. The second-order valence-corrected chi connectivity index (χ2v) is 6.38. The molecule has 0 spiro atoms. The van der Waals surface area contributed by atoms with Crippen LogP contribution in [-0.2, 0) is 0 Å². The van der Waals surface area contributed by atoms with E-state index in [1.807, 2.05) is 0 Å². The molecular formula is C18H25FN2O2. The van der Waals surface area contributed by atoms with E-state index in [1.54, 1.807) is 13.0 Å². The highest BCUT2D eigenvalue weighted by molar-refractivity contribution is 5.98. The number of amides is 1. The number of halogens is 1. The summed E-state index contributed by atoms with van der Waals surface area (Å²) in [5.41, 5.74) is 1.20. The number of furan rings is 1. The molecule has 0 atom stereocenters. The van der Waals surface area contributed by atoms with E-state index < -0.39 is 0 Å². The van der Waals surface area contributed by atoms with Crippen LogP contribution in [0.25, 0.3) is 11.0 Å². The zero-order chi connectivity index (χ0) is 17.1. The minimum Gasteiger partial charge on any atom is -0.451 e. The first kappa shape index (κ1) is 17.5. The van der Waals surface area contributed by atoms with Crippen molar-refractivity contribution in [3.8, 4) is 0 Å². The summed E-state index contributed by atoms with van der Waals surface area (Å²) in [7, 11) is 0. The third kappa shape index (κ3) is 3.91. The minimum atomic E-state index is -0.335. The summed E-state index contributed by atoms with van der Waals surface area (Å²) in [5.74, 6) is -0.337. The Balaban J connectivity index is 2.05. The fourth-order valence-electron chi connectivity index (χ4n) is 2.90. The molecule has 1 heterocycles. The molecule has 0 saturated carbocycles. The van der Waals surface area contributed by atoms with Gasteiger partial charge in [-0.15, -0.1) is 0 Å². The van der Waals surface area contributed by atoms with Gasteiger partial charge in [0.1, 0.15) is 11.4 Å². The van der Waals surface area contributed by atoms with Gasteiger partial charge in [0.2, 0.25) is 0 Å². The molecule has 0 unspecified atom stereocenters. The molecule has 2 rings (SSSR count). The van der Waals surface area contributed by atoms with Gasteiger partial charge in [0, 0.05) is 36.1 Å². The molecule has 1 aromatic heterocycles. The normalized spacial score (nSPS) is 11.9. The quantitative estimate of drug-likeness (QED) is 0.882. The van der Waals surface area contributed by atoms with Crippen LogP contribution < -0.4 is 5.32 Å². The number of rotatable bonds is 6. The van der Waals surface area contributed by atoms with Crippen LogP contribution in [0.1, 0.15) is 43.8 Å².